The summed E-state index contributed by atoms with van der Waals surface area (Å²) in [5.41, 5.74) is 6.28. The molecule has 1 saturated carbocycles. The molecule has 1 aromatic rings. The highest BCUT2D eigenvalue weighted by Crippen LogP contribution is 2.49. The fraction of sp³-hybridized carbons (Fsp3) is 0.857. The summed E-state index contributed by atoms with van der Waals surface area (Å²) < 4.78 is 5.50. The van der Waals surface area contributed by atoms with Crippen molar-refractivity contribution in [2.75, 3.05) is 18.5 Å². The summed E-state index contributed by atoms with van der Waals surface area (Å²) in [7, 11) is 1.97. The maximum Gasteiger partial charge on any atom is 0.265 e. The van der Waals surface area contributed by atoms with E-state index in [-0.39, 0.29) is 11.5 Å². The number of rotatable bonds is 3. The Bertz CT molecular complexity index is 429. The molecule has 1 heterocycles. The van der Waals surface area contributed by atoms with Gasteiger partial charge in [-0.2, -0.15) is 4.98 Å². The first-order valence-electron chi connectivity index (χ1n) is 7.18. The Balaban J connectivity index is 2.24. The van der Waals surface area contributed by atoms with Gasteiger partial charge in [-0.1, -0.05) is 20.8 Å². The van der Waals surface area contributed by atoms with E-state index in [1.54, 1.807) is 0 Å². The zero-order chi connectivity index (χ0) is 14.2. The molecule has 5 heteroatoms. The van der Waals surface area contributed by atoms with Gasteiger partial charge in [0.2, 0.25) is 5.89 Å². The Morgan fingerprint density at radius 2 is 2.11 bits per heavy atom. The van der Waals surface area contributed by atoms with Crippen LogP contribution in [0.15, 0.2) is 4.52 Å². The van der Waals surface area contributed by atoms with E-state index >= 15 is 0 Å². The van der Waals surface area contributed by atoms with Crippen LogP contribution in [0.25, 0.3) is 0 Å². The van der Waals surface area contributed by atoms with Crippen molar-refractivity contribution in [3.8, 4) is 0 Å². The molecule has 3 atom stereocenters. The van der Waals surface area contributed by atoms with Crippen molar-refractivity contribution in [2.45, 2.75) is 52.5 Å². The van der Waals surface area contributed by atoms with Crippen molar-refractivity contribution in [1.29, 1.82) is 0 Å². The van der Waals surface area contributed by atoms with E-state index < -0.39 is 0 Å². The highest BCUT2D eigenvalue weighted by Gasteiger charge is 2.44. The van der Waals surface area contributed by atoms with Crippen LogP contribution in [0.3, 0.4) is 0 Å². The Hall–Kier alpha value is -1.10. The Morgan fingerprint density at radius 1 is 1.42 bits per heavy atom. The van der Waals surface area contributed by atoms with Gasteiger partial charge in [0.15, 0.2) is 0 Å². The predicted molar refractivity (Wildman–Crippen MR) is 76.1 cm³/mol. The molecule has 0 spiro atoms. The van der Waals surface area contributed by atoms with Crippen LogP contribution >= 0.6 is 0 Å². The SMILES string of the molecule is CCN(C)c1noc(C2CCC(N)C(C)C2(C)C)n1. The summed E-state index contributed by atoms with van der Waals surface area (Å²) in [4.78, 5) is 6.55. The molecule has 2 N–H and O–H groups in total. The summed E-state index contributed by atoms with van der Waals surface area (Å²) in [5, 5.41) is 4.08. The minimum atomic E-state index is 0.0895. The normalized spacial score (nSPS) is 30.3. The lowest BCUT2D eigenvalue weighted by atomic mass is 9.61. The summed E-state index contributed by atoms with van der Waals surface area (Å²) in [6.07, 6.45) is 2.05. The van der Waals surface area contributed by atoms with Crippen LogP contribution in [0.5, 0.6) is 0 Å². The number of anilines is 1. The second kappa shape index (κ2) is 5.12. The third-order valence-electron chi connectivity index (χ3n) is 5.05. The van der Waals surface area contributed by atoms with Gasteiger partial charge in [0, 0.05) is 25.6 Å². The highest BCUT2D eigenvalue weighted by molar-refractivity contribution is 5.26. The predicted octanol–water partition coefficient (Wildman–Crippen LogP) is 2.39. The first-order chi connectivity index (χ1) is 8.87. The zero-order valence-electron chi connectivity index (χ0n) is 12.7. The molecule has 1 aromatic heterocycles. The molecule has 0 aromatic carbocycles. The summed E-state index contributed by atoms with van der Waals surface area (Å²) in [6.45, 7) is 9.69. The molecule has 1 aliphatic rings. The lowest BCUT2D eigenvalue weighted by Gasteiger charge is -2.45. The van der Waals surface area contributed by atoms with Gasteiger partial charge in [-0.3, -0.25) is 0 Å². The second-order valence-corrected chi connectivity index (χ2v) is 6.35. The van der Waals surface area contributed by atoms with E-state index in [4.69, 9.17) is 10.3 Å². The first kappa shape index (κ1) is 14.3. The average Bonchev–Trinajstić information content (AvgIpc) is 2.84. The minimum Gasteiger partial charge on any atom is -0.342 e. The molecule has 0 bridgehead atoms. The van der Waals surface area contributed by atoms with E-state index in [0.29, 0.717) is 17.8 Å². The van der Waals surface area contributed by atoms with Crippen LogP contribution in [0.1, 0.15) is 52.3 Å². The maximum absolute atomic E-state index is 6.19. The van der Waals surface area contributed by atoms with Crippen molar-refractivity contribution in [2.24, 2.45) is 17.1 Å². The number of nitrogens with zero attached hydrogens (tertiary/aromatic N) is 3. The Labute approximate surface area is 115 Å². The van der Waals surface area contributed by atoms with E-state index in [0.717, 1.165) is 25.3 Å². The molecule has 0 amide bonds. The second-order valence-electron chi connectivity index (χ2n) is 6.35. The Morgan fingerprint density at radius 3 is 2.74 bits per heavy atom. The number of aromatic nitrogens is 2. The third kappa shape index (κ3) is 2.48. The van der Waals surface area contributed by atoms with Crippen molar-refractivity contribution in [1.82, 2.24) is 10.1 Å². The van der Waals surface area contributed by atoms with E-state index in [9.17, 15) is 0 Å². The van der Waals surface area contributed by atoms with Gasteiger partial charge in [0.05, 0.1) is 0 Å². The molecule has 5 nitrogen and oxygen atoms in total. The van der Waals surface area contributed by atoms with Crippen LogP contribution in [0.4, 0.5) is 5.95 Å². The zero-order valence-corrected chi connectivity index (χ0v) is 12.7. The largest absolute Gasteiger partial charge is 0.342 e. The van der Waals surface area contributed by atoms with Crippen LogP contribution in [-0.4, -0.2) is 29.8 Å². The van der Waals surface area contributed by atoms with Crippen molar-refractivity contribution < 1.29 is 4.52 Å². The van der Waals surface area contributed by atoms with Gasteiger partial charge in [0.1, 0.15) is 0 Å². The maximum atomic E-state index is 6.19. The smallest absolute Gasteiger partial charge is 0.265 e. The molecule has 0 saturated heterocycles. The van der Waals surface area contributed by atoms with Crippen LogP contribution in [-0.2, 0) is 0 Å². The number of nitrogens with two attached hydrogens (primary N) is 1. The van der Waals surface area contributed by atoms with Gasteiger partial charge >= 0.3 is 0 Å². The first-order valence-corrected chi connectivity index (χ1v) is 7.18. The standard InChI is InChI=1S/C14H26N4O/c1-6-18(5)13-16-12(19-17-13)10-7-8-11(15)9(2)14(10,3)4/h9-11H,6-8,15H2,1-5H3. The molecule has 0 aliphatic heterocycles. The van der Waals surface area contributed by atoms with Gasteiger partial charge in [0.25, 0.3) is 5.95 Å². The minimum absolute atomic E-state index is 0.0895. The van der Waals surface area contributed by atoms with Crippen LogP contribution < -0.4 is 10.6 Å². The molecule has 19 heavy (non-hydrogen) atoms. The van der Waals surface area contributed by atoms with Gasteiger partial charge in [-0.15, -0.1) is 0 Å². The van der Waals surface area contributed by atoms with Gasteiger partial charge in [-0.25, -0.2) is 0 Å². The average molecular weight is 266 g/mol. The molecule has 108 valence electrons. The number of hydrogen-bond acceptors (Lipinski definition) is 5. The van der Waals surface area contributed by atoms with E-state index in [2.05, 4.69) is 37.8 Å². The molecular weight excluding hydrogens is 240 g/mol. The van der Waals surface area contributed by atoms with E-state index in [1.165, 1.54) is 0 Å². The molecule has 0 radical (unpaired) electrons. The lowest BCUT2D eigenvalue weighted by Crippen LogP contribution is -2.45. The topological polar surface area (TPSA) is 68.2 Å². The molecule has 2 rings (SSSR count). The van der Waals surface area contributed by atoms with Gasteiger partial charge < -0.3 is 15.2 Å². The van der Waals surface area contributed by atoms with Gasteiger partial charge in [-0.05, 0) is 36.3 Å². The van der Waals surface area contributed by atoms with Crippen LogP contribution in [0, 0.1) is 11.3 Å². The lowest BCUT2D eigenvalue weighted by molar-refractivity contribution is 0.0806. The van der Waals surface area contributed by atoms with Crippen LogP contribution in [0.2, 0.25) is 0 Å². The van der Waals surface area contributed by atoms with Crippen molar-refractivity contribution >= 4 is 5.95 Å². The van der Waals surface area contributed by atoms with Crippen molar-refractivity contribution in [3.05, 3.63) is 5.89 Å². The monoisotopic (exact) mass is 266 g/mol. The molecule has 1 fully saturated rings. The number of hydrogen-bond donors (Lipinski definition) is 1. The fourth-order valence-electron chi connectivity index (χ4n) is 2.96. The van der Waals surface area contributed by atoms with E-state index in [1.807, 2.05) is 11.9 Å². The Kier molecular flexibility index (Phi) is 3.85. The summed E-state index contributed by atoms with van der Waals surface area (Å²) in [6, 6.07) is 0.270. The molecular formula is C14H26N4O. The van der Waals surface area contributed by atoms with Crippen molar-refractivity contribution in [3.63, 3.8) is 0 Å². The highest BCUT2D eigenvalue weighted by atomic mass is 16.5. The quantitative estimate of drug-likeness (QED) is 0.909. The summed E-state index contributed by atoms with van der Waals surface area (Å²) in [5.74, 6) is 2.19. The molecule has 3 unspecified atom stereocenters. The molecule has 1 aliphatic carbocycles. The summed E-state index contributed by atoms with van der Waals surface area (Å²) >= 11 is 0. The fourth-order valence-corrected chi connectivity index (χ4v) is 2.96. The third-order valence-corrected chi connectivity index (χ3v) is 5.05.